The number of ether oxygens (including phenoxy) is 1. The molecule has 6 heteroatoms. The zero-order valence-electron chi connectivity index (χ0n) is 12.2. The summed E-state index contributed by atoms with van der Waals surface area (Å²) in [4.78, 5) is 21.8. The second-order valence-electron chi connectivity index (χ2n) is 5.60. The number of nitrogens with one attached hydrogen (secondary N) is 1. The van der Waals surface area contributed by atoms with Crippen molar-refractivity contribution in [2.75, 3.05) is 0 Å². The molecule has 0 aromatic heterocycles. The monoisotopic (exact) mass is 262 g/mol. The summed E-state index contributed by atoms with van der Waals surface area (Å²) in [7, 11) is 0. The third-order valence-corrected chi connectivity index (χ3v) is 2.55. The van der Waals surface area contributed by atoms with Crippen LogP contribution in [0, 0.1) is 0 Å². The fourth-order valence-electron chi connectivity index (χ4n) is 1.27. The summed E-state index contributed by atoms with van der Waals surface area (Å²) in [5, 5.41) is 0. The average molecular weight is 262 g/mol. The van der Waals surface area contributed by atoms with Crippen LogP contribution in [0.25, 0.3) is 0 Å². The maximum absolute atomic E-state index is 10.9. The van der Waals surface area contributed by atoms with Gasteiger partial charge < -0.3 is 4.74 Å². The standard InChI is InChI=1S/C12H26N2O4/c1-7-11(3,4)17-18-12(5,6)8-9(2)16-10(15)14-13/h9H,7-8,13H2,1-6H3,(H,14,15). The van der Waals surface area contributed by atoms with Gasteiger partial charge in [0.2, 0.25) is 0 Å². The highest BCUT2D eigenvalue weighted by atomic mass is 17.2. The Morgan fingerprint density at radius 2 is 1.72 bits per heavy atom. The van der Waals surface area contributed by atoms with Crippen molar-refractivity contribution in [2.45, 2.75) is 71.7 Å². The number of hydrogen-bond acceptors (Lipinski definition) is 5. The lowest BCUT2D eigenvalue weighted by molar-refractivity contribution is -0.403. The molecule has 0 bridgehead atoms. The molecule has 1 amide bonds. The SMILES string of the molecule is CCC(C)(C)OOC(C)(C)CC(C)OC(=O)NN. The number of amides is 1. The van der Waals surface area contributed by atoms with Crippen LogP contribution in [0.3, 0.4) is 0 Å². The Morgan fingerprint density at radius 3 is 2.17 bits per heavy atom. The summed E-state index contributed by atoms with van der Waals surface area (Å²) in [5.74, 6) is 4.94. The second-order valence-corrected chi connectivity index (χ2v) is 5.60. The molecule has 0 fully saturated rings. The van der Waals surface area contributed by atoms with Crippen molar-refractivity contribution in [3.8, 4) is 0 Å². The van der Waals surface area contributed by atoms with E-state index < -0.39 is 11.7 Å². The van der Waals surface area contributed by atoms with Gasteiger partial charge in [-0.3, -0.25) is 5.43 Å². The average Bonchev–Trinajstić information content (AvgIpc) is 2.26. The Kier molecular flexibility index (Phi) is 6.59. The van der Waals surface area contributed by atoms with Gasteiger partial charge in [-0.05, 0) is 41.0 Å². The van der Waals surface area contributed by atoms with Gasteiger partial charge in [-0.25, -0.2) is 20.4 Å². The van der Waals surface area contributed by atoms with Gasteiger partial charge in [-0.1, -0.05) is 6.92 Å². The van der Waals surface area contributed by atoms with Crippen molar-refractivity contribution >= 4 is 6.09 Å². The van der Waals surface area contributed by atoms with E-state index in [4.69, 9.17) is 20.4 Å². The fourth-order valence-corrected chi connectivity index (χ4v) is 1.27. The van der Waals surface area contributed by atoms with E-state index in [1.807, 2.05) is 40.0 Å². The highest BCUT2D eigenvalue weighted by molar-refractivity contribution is 5.66. The van der Waals surface area contributed by atoms with Gasteiger partial charge in [-0.15, -0.1) is 0 Å². The van der Waals surface area contributed by atoms with Gasteiger partial charge in [-0.2, -0.15) is 0 Å². The molecule has 0 heterocycles. The van der Waals surface area contributed by atoms with Crippen LogP contribution in [-0.2, 0) is 14.5 Å². The molecule has 0 aromatic carbocycles. The Labute approximate surface area is 109 Å². The maximum atomic E-state index is 10.9. The molecule has 0 aliphatic carbocycles. The summed E-state index contributed by atoms with van der Waals surface area (Å²) in [6.45, 7) is 11.4. The van der Waals surface area contributed by atoms with E-state index >= 15 is 0 Å². The highest BCUT2D eigenvalue weighted by Crippen LogP contribution is 2.23. The normalized spacial score (nSPS) is 14.2. The number of hydrazine groups is 1. The smallest absolute Gasteiger partial charge is 0.421 e. The van der Waals surface area contributed by atoms with Crippen LogP contribution < -0.4 is 11.3 Å². The lowest BCUT2D eigenvalue weighted by atomic mass is 10.0. The zero-order valence-corrected chi connectivity index (χ0v) is 12.2. The highest BCUT2D eigenvalue weighted by Gasteiger charge is 2.28. The quantitative estimate of drug-likeness (QED) is 0.318. The lowest BCUT2D eigenvalue weighted by Crippen LogP contribution is -2.38. The summed E-state index contributed by atoms with van der Waals surface area (Å²) < 4.78 is 4.98. The van der Waals surface area contributed by atoms with E-state index in [9.17, 15) is 4.79 Å². The van der Waals surface area contributed by atoms with E-state index in [0.717, 1.165) is 6.42 Å². The number of carbonyl (C=O) groups excluding carboxylic acids is 1. The van der Waals surface area contributed by atoms with E-state index in [1.165, 1.54) is 0 Å². The van der Waals surface area contributed by atoms with Crippen LogP contribution in [0.15, 0.2) is 0 Å². The molecular formula is C12H26N2O4. The summed E-state index contributed by atoms with van der Waals surface area (Å²) in [6.07, 6.45) is 0.357. The van der Waals surface area contributed by atoms with Crippen LogP contribution in [-0.4, -0.2) is 23.4 Å². The van der Waals surface area contributed by atoms with Crippen LogP contribution in [0.5, 0.6) is 0 Å². The molecule has 6 nitrogen and oxygen atoms in total. The Morgan fingerprint density at radius 1 is 1.22 bits per heavy atom. The van der Waals surface area contributed by atoms with E-state index in [2.05, 4.69) is 0 Å². The van der Waals surface area contributed by atoms with Gasteiger partial charge in [0.15, 0.2) is 0 Å². The molecule has 0 saturated heterocycles. The predicted molar refractivity (Wildman–Crippen MR) is 68.5 cm³/mol. The topological polar surface area (TPSA) is 82.8 Å². The summed E-state index contributed by atoms with van der Waals surface area (Å²) in [6, 6.07) is 0. The molecule has 18 heavy (non-hydrogen) atoms. The number of nitrogens with two attached hydrogens (primary N) is 1. The number of carbonyl (C=O) groups is 1. The molecule has 3 N–H and O–H groups in total. The Balaban J connectivity index is 4.17. The Bertz CT molecular complexity index is 267. The van der Waals surface area contributed by atoms with Crippen molar-refractivity contribution in [2.24, 2.45) is 5.84 Å². The first-order valence-corrected chi connectivity index (χ1v) is 6.16. The van der Waals surface area contributed by atoms with Gasteiger partial charge in [0, 0.05) is 6.42 Å². The third kappa shape index (κ3) is 7.47. The molecule has 0 rings (SSSR count). The number of hydrogen-bond donors (Lipinski definition) is 2. The minimum atomic E-state index is -0.659. The molecule has 1 atom stereocenters. The van der Waals surface area contributed by atoms with E-state index in [0.29, 0.717) is 6.42 Å². The maximum Gasteiger partial charge on any atom is 0.421 e. The largest absolute Gasteiger partial charge is 0.445 e. The molecular weight excluding hydrogens is 236 g/mol. The van der Waals surface area contributed by atoms with Crippen LogP contribution >= 0.6 is 0 Å². The molecule has 0 spiro atoms. The minimum Gasteiger partial charge on any atom is -0.445 e. The summed E-state index contributed by atoms with van der Waals surface area (Å²) >= 11 is 0. The fraction of sp³-hybridized carbons (Fsp3) is 0.917. The van der Waals surface area contributed by atoms with Gasteiger partial charge in [0.25, 0.3) is 0 Å². The first-order chi connectivity index (χ1) is 8.12. The first-order valence-electron chi connectivity index (χ1n) is 6.16. The second kappa shape index (κ2) is 6.92. The molecule has 108 valence electrons. The van der Waals surface area contributed by atoms with Gasteiger partial charge in [0.1, 0.15) is 11.7 Å². The van der Waals surface area contributed by atoms with Crippen molar-refractivity contribution in [3.63, 3.8) is 0 Å². The first kappa shape index (κ1) is 17.2. The molecule has 0 radical (unpaired) electrons. The van der Waals surface area contributed by atoms with Gasteiger partial charge >= 0.3 is 6.09 Å². The number of rotatable bonds is 7. The molecule has 0 aromatic rings. The lowest BCUT2D eigenvalue weighted by Gasteiger charge is -2.31. The van der Waals surface area contributed by atoms with Crippen molar-refractivity contribution in [1.82, 2.24) is 5.43 Å². The third-order valence-electron chi connectivity index (χ3n) is 2.55. The summed E-state index contributed by atoms with van der Waals surface area (Å²) in [5.41, 5.74) is 1.02. The van der Waals surface area contributed by atoms with E-state index in [-0.39, 0.29) is 11.7 Å². The van der Waals surface area contributed by atoms with Crippen LogP contribution in [0.2, 0.25) is 0 Å². The molecule has 0 saturated carbocycles. The zero-order chi connectivity index (χ0) is 14.4. The van der Waals surface area contributed by atoms with Crippen LogP contribution in [0.4, 0.5) is 4.79 Å². The van der Waals surface area contributed by atoms with Crippen LogP contribution in [0.1, 0.15) is 54.4 Å². The molecule has 0 aliphatic heterocycles. The minimum absolute atomic E-state index is 0.322. The van der Waals surface area contributed by atoms with Crippen molar-refractivity contribution < 1.29 is 19.3 Å². The van der Waals surface area contributed by atoms with Crippen molar-refractivity contribution in [3.05, 3.63) is 0 Å². The van der Waals surface area contributed by atoms with Crippen molar-refractivity contribution in [1.29, 1.82) is 0 Å². The predicted octanol–water partition coefficient (Wildman–Crippen LogP) is 2.28. The van der Waals surface area contributed by atoms with E-state index in [1.54, 1.807) is 6.92 Å². The molecule has 0 aliphatic rings. The molecule has 1 unspecified atom stereocenters. The van der Waals surface area contributed by atoms with Gasteiger partial charge in [0.05, 0.1) is 5.60 Å². The Hall–Kier alpha value is -0.850.